The van der Waals surface area contributed by atoms with Gasteiger partial charge in [0.15, 0.2) is 0 Å². The van der Waals surface area contributed by atoms with Crippen molar-refractivity contribution in [2.45, 2.75) is 37.2 Å². The van der Waals surface area contributed by atoms with Gasteiger partial charge in [0.1, 0.15) is 0 Å². The van der Waals surface area contributed by atoms with E-state index in [0.717, 1.165) is 12.2 Å². The van der Waals surface area contributed by atoms with Gasteiger partial charge < -0.3 is 10.4 Å². The van der Waals surface area contributed by atoms with E-state index in [4.69, 9.17) is 0 Å². The number of aromatic nitrogens is 1. The lowest BCUT2D eigenvalue weighted by Crippen LogP contribution is -2.37. The van der Waals surface area contributed by atoms with Crippen LogP contribution in [0.3, 0.4) is 0 Å². The summed E-state index contributed by atoms with van der Waals surface area (Å²) in [4.78, 5) is 5.21. The van der Waals surface area contributed by atoms with Gasteiger partial charge >= 0.3 is 0 Å². The third kappa shape index (κ3) is 5.49. The van der Waals surface area contributed by atoms with Crippen LogP contribution in [0.4, 0.5) is 0 Å². The Labute approximate surface area is 102 Å². The van der Waals surface area contributed by atoms with Crippen LogP contribution in [0.15, 0.2) is 29.4 Å². The Bertz CT molecular complexity index is 280. The molecular formula is C12H20N2OS. The van der Waals surface area contributed by atoms with Gasteiger partial charge in [-0.2, -0.15) is 0 Å². The summed E-state index contributed by atoms with van der Waals surface area (Å²) in [7, 11) is 0. The molecule has 4 heteroatoms. The van der Waals surface area contributed by atoms with Crippen LogP contribution in [0, 0.1) is 0 Å². The van der Waals surface area contributed by atoms with Gasteiger partial charge in [-0.25, -0.2) is 0 Å². The minimum atomic E-state index is 0.203. The molecule has 0 aliphatic carbocycles. The van der Waals surface area contributed by atoms with Crippen molar-refractivity contribution < 1.29 is 5.11 Å². The largest absolute Gasteiger partial charge is 0.395 e. The minimum Gasteiger partial charge on any atom is -0.395 e. The maximum atomic E-state index is 9.19. The molecule has 0 saturated carbocycles. The molecule has 0 aromatic carbocycles. The summed E-state index contributed by atoms with van der Waals surface area (Å²) in [6.07, 6.45) is 4.58. The van der Waals surface area contributed by atoms with E-state index in [-0.39, 0.29) is 12.6 Å². The quantitative estimate of drug-likeness (QED) is 0.715. The number of nitrogens with zero attached hydrogens (tertiary/aromatic N) is 1. The van der Waals surface area contributed by atoms with Crippen LogP contribution in [-0.2, 0) is 0 Å². The second kappa shape index (κ2) is 7.65. The van der Waals surface area contributed by atoms with E-state index in [9.17, 15) is 5.11 Å². The number of aliphatic hydroxyl groups is 1. The first kappa shape index (κ1) is 13.5. The summed E-state index contributed by atoms with van der Waals surface area (Å²) in [5.74, 6) is 1.01. The van der Waals surface area contributed by atoms with Crippen molar-refractivity contribution in [2.75, 3.05) is 12.4 Å². The summed E-state index contributed by atoms with van der Waals surface area (Å²) in [6.45, 7) is 4.40. The highest BCUT2D eigenvalue weighted by Gasteiger charge is 2.08. The zero-order chi connectivity index (χ0) is 11.8. The molecule has 1 heterocycles. The van der Waals surface area contributed by atoms with E-state index in [1.165, 1.54) is 4.90 Å². The Balaban J connectivity index is 2.23. The molecule has 1 aromatic heterocycles. The fourth-order valence-corrected chi connectivity index (χ4v) is 2.40. The van der Waals surface area contributed by atoms with Crippen molar-refractivity contribution in [3.8, 4) is 0 Å². The van der Waals surface area contributed by atoms with Gasteiger partial charge in [-0.1, -0.05) is 13.8 Å². The normalized spacial score (nSPS) is 13.0. The predicted octanol–water partition coefficient (Wildman–Crippen LogP) is 1.92. The molecule has 1 unspecified atom stereocenters. The molecule has 2 N–H and O–H groups in total. The molecule has 3 nitrogen and oxygen atoms in total. The van der Waals surface area contributed by atoms with Gasteiger partial charge in [0, 0.05) is 29.4 Å². The van der Waals surface area contributed by atoms with E-state index in [2.05, 4.69) is 24.1 Å². The highest BCUT2D eigenvalue weighted by atomic mass is 32.2. The molecule has 0 aliphatic heterocycles. The molecule has 16 heavy (non-hydrogen) atoms. The average molecular weight is 240 g/mol. The fourth-order valence-electron chi connectivity index (χ4n) is 1.45. The zero-order valence-electron chi connectivity index (χ0n) is 9.89. The number of rotatable bonds is 7. The van der Waals surface area contributed by atoms with Crippen LogP contribution < -0.4 is 5.32 Å². The number of nitrogens with one attached hydrogen (secondary N) is 1. The monoisotopic (exact) mass is 240 g/mol. The molecule has 0 fully saturated rings. The van der Waals surface area contributed by atoms with Crippen LogP contribution in [0.2, 0.25) is 0 Å². The van der Waals surface area contributed by atoms with E-state index in [1.807, 2.05) is 12.1 Å². The predicted molar refractivity (Wildman–Crippen MR) is 68.7 cm³/mol. The Kier molecular flexibility index (Phi) is 6.45. The zero-order valence-corrected chi connectivity index (χ0v) is 10.7. The lowest BCUT2D eigenvalue weighted by molar-refractivity contribution is 0.232. The summed E-state index contributed by atoms with van der Waals surface area (Å²) in [5, 5.41) is 12.5. The molecule has 0 saturated heterocycles. The topological polar surface area (TPSA) is 45.1 Å². The van der Waals surface area contributed by atoms with Crippen LogP contribution in [-0.4, -0.2) is 34.5 Å². The lowest BCUT2D eigenvalue weighted by atomic mass is 10.2. The summed E-state index contributed by atoms with van der Waals surface area (Å²) in [5.41, 5.74) is 0. The van der Waals surface area contributed by atoms with Gasteiger partial charge in [-0.15, -0.1) is 11.8 Å². The van der Waals surface area contributed by atoms with Gasteiger partial charge in [0.25, 0.3) is 0 Å². The van der Waals surface area contributed by atoms with E-state index in [1.54, 1.807) is 24.2 Å². The van der Waals surface area contributed by atoms with Crippen LogP contribution >= 0.6 is 11.8 Å². The Morgan fingerprint density at radius 3 is 2.62 bits per heavy atom. The Morgan fingerprint density at radius 1 is 1.38 bits per heavy atom. The number of hydrogen-bond acceptors (Lipinski definition) is 4. The molecule has 1 rings (SSSR count). The third-order valence-corrected chi connectivity index (χ3v) is 3.22. The standard InChI is InChI=1S/C12H20N2OS/c1-10(2)14-11(9-15)5-8-16-12-3-6-13-7-4-12/h3-4,6-7,10-11,14-15H,5,8-9H2,1-2H3. The Hall–Kier alpha value is -0.580. The van der Waals surface area contributed by atoms with Crippen LogP contribution in [0.25, 0.3) is 0 Å². The van der Waals surface area contributed by atoms with Crippen LogP contribution in [0.5, 0.6) is 0 Å². The molecule has 1 aromatic rings. The highest BCUT2D eigenvalue weighted by Crippen LogP contribution is 2.17. The number of aliphatic hydroxyl groups excluding tert-OH is 1. The van der Waals surface area contributed by atoms with Gasteiger partial charge in [0.2, 0.25) is 0 Å². The molecule has 90 valence electrons. The first-order valence-corrected chi connectivity index (χ1v) is 6.60. The van der Waals surface area contributed by atoms with Crippen molar-refractivity contribution >= 4 is 11.8 Å². The van der Waals surface area contributed by atoms with Gasteiger partial charge in [-0.05, 0) is 24.3 Å². The van der Waals surface area contributed by atoms with Crippen molar-refractivity contribution in [2.24, 2.45) is 0 Å². The summed E-state index contributed by atoms with van der Waals surface area (Å²) >= 11 is 1.80. The van der Waals surface area contributed by atoms with Crippen molar-refractivity contribution in [3.05, 3.63) is 24.5 Å². The number of hydrogen-bond donors (Lipinski definition) is 2. The molecule has 0 spiro atoms. The van der Waals surface area contributed by atoms with Gasteiger partial charge in [0.05, 0.1) is 6.61 Å². The summed E-state index contributed by atoms with van der Waals surface area (Å²) in [6, 6.07) is 4.64. The highest BCUT2D eigenvalue weighted by molar-refractivity contribution is 7.99. The summed E-state index contributed by atoms with van der Waals surface area (Å²) < 4.78 is 0. The van der Waals surface area contributed by atoms with Crippen molar-refractivity contribution in [1.29, 1.82) is 0 Å². The van der Waals surface area contributed by atoms with Crippen molar-refractivity contribution in [1.82, 2.24) is 10.3 Å². The SMILES string of the molecule is CC(C)NC(CO)CCSc1ccncc1. The van der Waals surface area contributed by atoms with E-state index >= 15 is 0 Å². The third-order valence-electron chi connectivity index (χ3n) is 2.17. The molecule has 0 radical (unpaired) electrons. The molecule has 0 aliphatic rings. The molecule has 1 atom stereocenters. The molecule has 0 amide bonds. The Morgan fingerprint density at radius 2 is 2.06 bits per heavy atom. The smallest absolute Gasteiger partial charge is 0.0585 e. The molecular weight excluding hydrogens is 220 g/mol. The first-order chi connectivity index (χ1) is 7.72. The lowest BCUT2D eigenvalue weighted by Gasteiger charge is -2.18. The average Bonchev–Trinajstić information content (AvgIpc) is 2.28. The van der Waals surface area contributed by atoms with Crippen molar-refractivity contribution in [3.63, 3.8) is 0 Å². The maximum Gasteiger partial charge on any atom is 0.0585 e. The van der Waals surface area contributed by atoms with Gasteiger partial charge in [-0.3, -0.25) is 4.98 Å². The number of thioether (sulfide) groups is 1. The minimum absolute atomic E-state index is 0.203. The van der Waals surface area contributed by atoms with Crippen LogP contribution in [0.1, 0.15) is 20.3 Å². The first-order valence-electron chi connectivity index (χ1n) is 5.62. The maximum absolute atomic E-state index is 9.19. The molecule has 0 bridgehead atoms. The number of pyridine rings is 1. The second-order valence-electron chi connectivity index (χ2n) is 4.02. The fraction of sp³-hybridized carbons (Fsp3) is 0.583. The van der Waals surface area contributed by atoms with E-state index in [0.29, 0.717) is 6.04 Å². The second-order valence-corrected chi connectivity index (χ2v) is 5.19. The van der Waals surface area contributed by atoms with E-state index < -0.39 is 0 Å².